The molecular weight excluding hydrogens is 414 g/mol. The zero-order valence-electron chi connectivity index (χ0n) is 18.5. The van der Waals surface area contributed by atoms with E-state index in [4.69, 9.17) is 9.47 Å². The molecule has 4 aromatic carbocycles. The number of ether oxygens (including phenoxy) is 2. The first-order valence-corrected chi connectivity index (χ1v) is 10.9. The summed E-state index contributed by atoms with van der Waals surface area (Å²) in [4.78, 5) is 12.5. The Hall–Kier alpha value is -4.03. The van der Waals surface area contributed by atoms with E-state index in [0.717, 1.165) is 27.7 Å². The van der Waals surface area contributed by atoms with E-state index in [2.05, 4.69) is 16.2 Å². The standard InChI is InChI=1S/C27H27N3O3/c1-2-32-26-17-20(18-28-30-22-11-4-3-5-12-22)15-16-25(26)33-19-27(31)29-24-14-8-10-21-9-6-7-13-23(21)24/h3-17,28,30H,2,18-19H2,1H3,(H,29,31). The summed E-state index contributed by atoms with van der Waals surface area (Å²) < 4.78 is 11.5. The van der Waals surface area contributed by atoms with Gasteiger partial charge >= 0.3 is 0 Å². The lowest BCUT2D eigenvalue weighted by atomic mass is 10.1. The van der Waals surface area contributed by atoms with Crippen LogP contribution in [0.2, 0.25) is 0 Å². The number of rotatable bonds is 10. The van der Waals surface area contributed by atoms with E-state index in [1.165, 1.54) is 0 Å². The van der Waals surface area contributed by atoms with Crippen molar-refractivity contribution in [2.75, 3.05) is 24.0 Å². The van der Waals surface area contributed by atoms with Gasteiger partial charge in [-0.2, -0.15) is 0 Å². The summed E-state index contributed by atoms with van der Waals surface area (Å²) in [6.07, 6.45) is 0. The number of amides is 1. The highest BCUT2D eigenvalue weighted by Crippen LogP contribution is 2.29. The molecule has 1 amide bonds. The van der Waals surface area contributed by atoms with Gasteiger partial charge in [-0.15, -0.1) is 0 Å². The number of benzene rings is 4. The van der Waals surface area contributed by atoms with Gasteiger partial charge in [-0.3, -0.25) is 4.79 Å². The number of carbonyl (C=O) groups excluding carboxylic acids is 1. The molecule has 0 aliphatic heterocycles. The first kappa shape index (κ1) is 22.2. The highest BCUT2D eigenvalue weighted by molar-refractivity contribution is 6.02. The van der Waals surface area contributed by atoms with Crippen molar-refractivity contribution >= 4 is 28.1 Å². The fourth-order valence-corrected chi connectivity index (χ4v) is 3.48. The molecule has 3 N–H and O–H groups in total. The fourth-order valence-electron chi connectivity index (χ4n) is 3.48. The third-order valence-electron chi connectivity index (χ3n) is 5.03. The molecule has 0 bridgehead atoms. The number of hydrogen-bond donors (Lipinski definition) is 3. The molecule has 6 nitrogen and oxygen atoms in total. The van der Waals surface area contributed by atoms with E-state index in [9.17, 15) is 4.79 Å². The SMILES string of the molecule is CCOc1cc(CNNc2ccccc2)ccc1OCC(=O)Nc1cccc2ccccc12. The summed E-state index contributed by atoms with van der Waals surface area (Å²) in [5, 5.41) is 5.00. The fraction of sp³-hybridized carbons (Fsp3) is 0.148. The summed E-state index contributed by atoms with van der Waals surface area (Å²) in [7, 11) is 0. The number of anilines is 2. The minimum absolute atomic E-state index is 0.115. The van der Waals surface area contributed by atoms with Gasteiger partial charge in [-0.05, 0) is 48.2 Å². The summed E-state index contributed by atoms with van der Waals surface area (Å²) in [6, 6.07) is 29.3. The molecule has 0 spiro atoms. The average Bonchev–Trinajstić information content (AvgIpc) is 2.85. The Morgan fingerprint density at radius 2 is 1.61 bits per heavy atom. The largest absolute Gasteiger partial charge is 0.490 e. The molecule has 0 saturated carbocycles. The van der Waals surface area contributed by atoms with Crippen LogP contribution in [-0.2, 0) is 11.3 Å². The topological polar surface area (TPSA) is 71.6 Å². The molecule has 0 radical (unpaired) electrons. The molecule has 0 aromatic heterocycles. The molecule has 6 heteroatoms. The van der Waals surface area contributed by atoms with Gasteiger partial charge < -0.3 is 20.2 Å². The Morgan fingerprint density at radius 1 is 0.818 bits per heavy atom. The third kappa shape index (κ3) is 6.02. The van der Waals surface area contributed by atoms with E-state index in [0.29, 0.717) is 24.7 Å². The monoisotopic (exact) mass is 441 g/mol. The molecule has 4 rings (SSSR count). The summed E-state index contributed by atoms with van der Waals surface area (Å²) >= 11 is 0. The van der Waals surface area contributed by atoms with Crippen molar-refractivity contribution in [3.63, 3.8) is 0 Å². The number of para-hydroxylation sites is 1. The molecular formula is C27H27N3O3. The molecule has 0 heterocycles. The van der Waals surface area contributed by atoms with Crippen molar-refractivity contribution in [3.05, 3.63) is 96.6 Å². The van der Waals surface area contributed by atoms with E-state index < -0.39 is 0 Å². The predicted octanol–water partition coefficient (Wildman–Crippen LogP) is 5.37. The Labute approximate surface area is 193 Å². The minimum atomic E-state index is -0.230. The second-order valence-electron chi connectivity index (χ2n) is 7.42. The molecule has 0 fully saturated rings. The average molecular weight is 442 g/mol. The lowest BCUT2D eigenvalue weighted by Gasteiger charge is -2.15. The van der Waals surface area contributed by atoms with E-state index >= 15 is 0 Å². The summed E-state index contributed by atoms with van der Waals surface area (Å²) in [5.74, 6) is 0.908. The first-order valence-electron chi connectivity index (χ1n) is 10.9. The second kappa shape index (κ2) is 11.0. The van der Waals surface area contributed by atoms with Crippen LogP contribution < -0.4 is 25.6 Å². The van der Waals surface area contributed by atoms with Crippen molar-refractivity contribution in [2.24, 2.45) is 0 Å². The van der Waals surface area contributed by atoms with Gasteiger partial charge in [0.25, 0.3) is 5.91 Å². The molecule has 0 unspecified atom stereocenters. The second-order valence-corrected chi connectivity index (χ2v) is 7.42. The van der Waals surface area contributed by atoms with Crippen LogP contribution in [0.15, 0.2) is 91.0 Å². The van der Waals surface area contributed by atoms with Crippen molar-refractivity contribution < 1.29 is 14.3 Å². The minimum Gasteiger partial charge on any atom is -0.490 e. The molecule has 0 saturated heterocycles. The normalized spacial score (nSPS) is 10.6. The maximum Gasteiger partial charge on any atom is 0.262 e. The van der Waals surface area contributed by atoms with Crippen molar-refractivity contribution in [3.8, 4) is 11.5 Å². The van der Waals surface area contributed by atoms with Gasteiger partial charge in [0.2, 0.25) is 0 Å². The zero-order chi connectivity index (χ0) is 22.9. The summed E-state index contributed by atoms with van der Waals surface area (Å²) in [5.41, 5.74) is 9.12. The highest BCUT2D eigenvalue weighted by atomic mass is 16.5. The van der Waals surface area contributed by atoms with Crippen LogP contribution >= 0.6 is 0 Å². The van der Waals surface area contributed by atoms with E-state index in [1.807, 2.05) is 97.9 Å². The van der Waals surface area contributed by atoms with Crippen molar-refractivity contribution in [2.45, 2.75) is 13.5 Å². The number of hydrazine groups is 1. The number of carbonyl (C=O) groups is 1. The molecule has 0 atom stereocenters. The van der Waals surface area contributed by atoms with Gasteiger partial charge in [0.15, 0.2) is 18.1 Å². The molecule has 4 aromatic rings. The highest BCUT2D eigenvalue weighted by Gasteiger charge is 2.11. The van der Waals surface area contributed by atoms with Gasteiger partial charge in [-0.25, -0.2) is 5.43 Å². The Morgan fingerprint density at radius 3 is 2.45 bits per heavy atom. The number of nitrogens with one attached hydrogen (secondary N) is 3. The van der Waals surface area contributed by atoms with Gasteiger partial charge in [0, 0.05) is 23.3 Å². The third-order valence-corrected chi connectivity index (χ3v) is 5.03. The Kier molecular flexibility index (Phi) is 7.40. The van der Waals surface area contributed by atoms with Crippen molar-refractivity contribution in [1.82, 2.24) is 5.43 Å². The van der Waals surface area contributed by atoms with Crippen LogP contribution in [-0.4, -0.2) is 19.1 Å². The zero-order valence-corrected chi connectivity index (χ0v) is 18.5. The van der Waals surface area contributed by atoms with Gasteiger partial charge in [-0.1, -0.05) is 60.7 Å². The van der Waals surface area contributed by atoms with Crippen LogP contribution in [0, 0.1) is 0 Å². The van der Waals surface area contributed by atoms with Crippen molar-refractivity contribution in [1.29, 1.82) is 0 Å². The van der Waals surface area contributed by atoms with E-state index in [-0.39, 0.29) is 12.5 Å². The molecule has 0 aliphatic rings. The summed E-state index contributed by atoms with van der Waals surface area (Å²) in [6.45, 7) is 2.89. The quantitative estimate of drug-likeness (QED) is 0.289. The Bertz CT molecular complexity index is 1210. The predicted molar refractivity (Wildman–Crippen MR) is 133 cm³/mol. The maximum atomic E-state index is 12.5. The molecule has 168 valence electrons. The lowest BCUT2D eigenvalue weighted by Crippen LogP contribution is -2.21. The smallest absolute Gasteiger partial charge is 0.262 e. The maximum absolute atomic E-state index is 12.5. The van der Waals surface area contributed by atoms with Crippen LogP contribution in [0.3, 0.4) is 0 Å². The van der Waals surface area contributed by atoms with Crippen LogP contribution in [0.5, 0.6) is 11.5 Å². The Balaban J connectivity index is 1.36. The van der Waals surface area contributed by atoms with Crippen LogP contribution in [0.1, 0.15) is 12.5 Å². The van der Waals surface area contributed by atoms with Crippen LogP contribution in [0.4, 0.5) is 11.4 Å². The molecule has 33 heavy (non-hydrogen) atoms. The van der Waals surface area contributed by atoms with E-state index in [1.54, 1.807) is 0 Å². The lowest BCUT2D eigenvalue weighted by molar-refractivity contribution is -0.118. The number of fused-ring (bicyclic) bond motifs is 1. The van der Waals surface area contributed by atoms with Crippen LogP contribution in [0.25, 0.3) is 10.8 Å². The van der Waals surface area contributed by atoms with Gasteiger partial charge in [0.05, 0.1) is 6.61 Å². The molecule has 0 aliphatic carbocycles. The number of hydrogen-bond acceptors (Lipinski definition) is 5. The first-order chi connectivity index (χ1) is 16.2. The van der Waals surface area contributed by atoms with Gasteiger partial charge in [0.1, 0.15) is 0 Å².